The van der Waals surface area contributed by atoms with E-state index < -0.39 is 0 Å². The van der Waals surface area contributed by atoms with Crippen molar-refractivity contribution in [3.8, 4) is 0 Å². The molecule has 13 heavy (non-hydrogen) atoms. The monoisotopic (exact) mass is 176 g/mol. The fourth-order valence-corrected chi connectivity index (χ4v) is 1.16. The Kier molecular flexibility index (Phi) is 3.71. The van der Waals surface area contributed by atoms with Gasteiger partial charge in [0.15, 0.2) is 0 Å². The van der Waals surface area contributed by atoms with Gasteiger partial charge >= 0.3 is 0 Å². The minimum atomic E-state index is 0.157. The van der Waals surface area contributed by atoms with Gasteiger partial charge in [-0.3, -0.25) is 0 Å². The van der Waals surface area contributed by atoms with Crippen LogP contribution in [0.1, 0.15) is 24.5 Å². The van der Waals surface area contributed by atoms with Gasteiger partial charge in [0, 0.05) is 0 Å². The lowest BCUT2D eigenvalue weighted by atomic mass is 10.1. The van der Waals surface area contributed by atoms with Gasteiger partial charge < -0.3 is 5.11 Å². The zero-order valence-electron chi connectivity index (χ0n) is 8.25. The predicted molar refractivity (Wildman–Crippen MR) is 56.5 cm³/mol. The van der Waals surface area contributed by atoms with Crippen molar-refractivity contribution in [3.63, 3.8) is 0 Å². The minimum Gasteiger partial charge on any atom is -0.392 e. The summed E-state index contributed by atoms with van der Waals surface area (Å²) in [5.41, 5.74) is 3.50. The normalized spacial score (nSPS) is 11.8. The number of rotatable bonds is 3. The first-order valence-corrected chi connectivity index (χ1v) is 4.63. The molecular formula is C12H16O. The molecule has 0 heterocycles. The zero-order chi connectivity index (χ0) is 9.68. The fourth-order valence-electron chi connectivity index (χ4n) is 1.16. The van der Waals surface area contributed by atoms with Crippen LogP contribution in [0, 0.1) is 6.92 Å². The van der Waals surface area contributed by atoms with Crippen molar-refractivity contribution < 1.29 is 5.11 Å². The molecule has 0 fully saturated rings. The maximum Gasteiger partial charge on any atom is 0.0644 e. The van der Waals surface area contributed by atoms with Crippen LogP contribution < -0.4 is 0 Å². The van der Waals surface area contributed by atoms with Crippen LogP contribution in [0.3, 0.4) is 0 Å². The van der Waals surface area contributed by atoms with Gasteiger partial charge in [-0.15, -0.1) is 0 Å². The summed E-state index contributed by atoms with van der Waals surface area (Å²) in [6.45, 7) is 4.28. The maximum atomic E-state index is 8.97. The summed E-state index contributed by atoms with van der Waals surface area (Å²) in [4.78, 5) is 0. The van der Waals surface area contributed by atoms with Crippen LogP contribution in [0.25, 0.3) is 6.08 Å². The van der Waals surface area contributed by atoms with Gasteiger partial charge in [0.25, 0.3) is 0 Å². The van der Waals surface area contributed by atoms with Crippen molar-refractivity contribution in [1.29, 1.82) is 0 Å². The second kappa shape index (κ2) is 4.83. The molecule has 1 rings (SSSR count). The summed E-state index contributed by atoms with van der Waals surface area (Å²) < 4.78 is 0. The predicted octanol–water partition coefficient (Wildman–Crippen LogP) is 2.78. The highest BCUT2D eigenvalue weighted by molar-refractivity contribution is 5.53. The summed E-state index contributed by atoms with van der Waals surface area (Å²) in [6.07, 6.45) is 2.95. The van der Waals surface area contributed by atoms with Crippen molar-refractivity contribution in [2.75, 3.05) is 6.61 Å². The third-order valence-corrected chi connectivity index (χ3v) is 2.11. The average Bonchev–Trinajstić information content (AvgIpc) is 2.17. The third kappa shape index (κ3) is 3.03. The molecule has 0 radical (unpaired) electrons. The van der Waals surface area contributed by atoms with Crippen molar-refractivity contribution in [2.45, 2.75) is 20.3 Å². The molecule has 0 saturated carbocycles. The van der Waals surface area contributed by atoms with E-state index in [1.807, 2.05) is 6.08 Å². The molecule has 0 unspecified atom stereocenters. The molecule has 0 aliphatic rings. The van der Waals surface area contributed by atoms with Crippen molar-refractivity contribution >= 4 is 6.08 Å². The Balaban J connectivity index is 2.84. The van der Waals surface area contributed by atoms with Gasteiger partial charge in [-0.25, -0.2) is 0 Å². The Hall–Kier alpha value is -1.08. The summed E-state index contributed by atoms with van der Waals surface area (Å²) in [6, 6.07) is 8.30. The van der Waals surface area contributed by atoms with Crippen LogP contribution in [0.5, 0.6) is 0 Å². The molecule has 0 bridgehead atoms. The fraction of sp³-hybridized carbons (Fsp3) is 0.333. The molecule has 0 saturated heterocycles. The van der Waals surface area contributed by atoms with Crippen LogP contribution in [-0.4, -0.2) is 11.7 Å². The van der Waals surface area contributed by atoms with Crippen LogP contribution in [0.4, 0.5) is 0 Å². The lowest BCUT2D eigenvalue weighted by Gasteiger charge is -2.00. The maximum absolute atomic E-state index is 8.97. The third-order valence-electron chi connectivity index (χ3n) is 2.11. The highest BCUT2D eigenvalue weighted by Crippen LogP contribution is 2.10. The number of hydrogen-bond acceptors (Lipinski definition) is 1. The molecule has 0 aliphatic heterocycles. The van der Waals surface area contributed by atoms with E-state index in [1.54, 1.807) is 0 Å². The molecular weight excluding hydrogens is 160 g/mol. The van der Waals surface area contributed by atoms with Gasteiger partial charge in [-0.2, -0.15) is 0 Å². The van der Waals surface area contributed by atoms with Crippen molar-refractivity contribution in [3.05, 3.63) is 41.0 Å². The van der Waals surface area contributed by atoms with Crippen molar-refractivity contribution in [2.24, 2.45) is 0 Å². The van der Waals surface area contributed by atoms with Crippen molar-refractivity contribution in [1.82, 2.24) is 0 Å². The van der Waals surface area contributed by atoms with E-state index in [4.69, 9.17) is 5.11 Å². The first-order chi connectivity index (χ1) is 6.26. The first-order valence-electron chi connectivity index (χ1n) is 4.63. The number of aliphatic hydroxyl groups excluding tert-OH is 1. The first kappa shape index (κ1) is 10.0. The van der Waals surface area contributed by atoms with E-state index in [0.717, 1.165) is 17.6 Å². The van der Waals surface area contributed by atoms with Gasteiger partial charge in [0.2, 0.25) is 0 Å². The standard InChI is InChI=1S/C12H16O/c1-3-11(9-13)8-12-6-4-10(2)5-7-12/h4-8,13H,3,9H2,1-2H3/b11-8+. The molecule has 0 aromatic heterocycles. The lowest BCUT2D eigenvalue weighted by Crippen LogP contribution is -1.87. The number of aryl methyl sites for hydroxylation is 1. The largest absolute Gasteiger partial charge is 0.392 e. The topological polar surface area (TPSA) is 20.2 Å². The second-order valence-corrected chi connectivity index (χ2v) is 3.22. The zero-order valence-corrected chi connectivity index (χ0v) is 8.25. The van der Waals surface area contributed by atoms with Crippen LogP contribution in [0.15, 0.2) is 29.8 Å². The van der Waals surface area contributed by atoms with E-state index in [0.29, 0.717) is 0 Å². The van der Waals surface area contributed by atoms with E-state index in [2.05, 4.69) is 38.1 Å². The van der Waals surface area contributed by atoms with Gasteiger partial charge in [0.1, 0.15) is 0 Å². The second-order valence-electron chi connectivity index (χ2n) is 3.22. The Morgan fingerprint density at radius 1 is 1.31 bits per heavy atom. The smallest absolute Gasteiger partial charge is 0.0644 e. The summed E-state index contributed by atoms with van der Waals surface area (Å²) >= 11 is 0. The molecule has 0 aliphatic carbocycles. The summed E-state index contributed by atoms with van der Waals surface area (Å²) in [7, 11) is 0. The Morgan fingerprint density at radius 2 is 1.92 bits per heavy atom. The minimum absolute atomic E-state index is 0.157. The van der Waals surface area contributed by atoms with E-state index >= 15 is 0 Å². The summed E-state index contributed by atoms with van der Waals surface area (Å²) in [5, 5.41) is 8.97. The molecule has 1 heteroatoms. The van der Waals surface area contributed by atoms with Gasteiger partial charge in [-0.05, 0) is 24.5 Å². The van der Waals surface area contributed by atoms with Gasteiger partial charge in [-0.1, -0.05) is 42.8 Å². The Bertz CT molecular complexity index is 276. The SMILES string of the molecule is CC/C(=C\c1ccc(C)cc1)CO. The lowest BCUT2D eigenvalue weighted by molar-refractivity contribution is 0.329. The molecule has 0 amide bonds. The van der Waals surface area contributed by atoms with Crippen LogP contribution in [0.2, 0.25) is 0 Å². The van der Waals surface area contributed by atoms with E-state index in [1.165, 1.54) is 5.56 Å². The molecule has 1 aromatic carbocycles. The Morgan fingerprint density at radius 3 is 2.38 bits per heavy atom. The number of aliphatic hydroxyl groups is 1. The molecule has 0 atom stereocenters. The highest BCUT2D eigenvalue weighted by atomic mass is 16.3. The molecule has 0 spiro atoms. The Labute approximate surface area is 79.7 Å². The van der Waals surface area contributed by atoms with E-state index in [9.17, 15) is 0 Å². The molecule has 1 aromatic rings. The number of hydrogen-bond donors (Lipinski definition) is 1. The average molecular weight is 176 g/mol. The summed E-state index contributed by atoms with van der Waals surface area (Å²) in [5.74, 6) is 0. The number of benzene rings is 1. The highest BCUT2D eigenvalue weighted by Gasteiger charge is 1.92. The van der Waals surface area contributed by atoms with Crippen LogP contribution in [-0.2, 0) is 0 Å². The molecule has 1 nitrogen and oxygen atoms in total. The molecule has 70 valence electrons. The molecule has 1 N–H and O–H groups in total. The van der Waals surface area contributed by atoms with E-state index in [-0.39, 0.29) is 6.61 Å². The quantitative estimate of drug-likeness (QED) is 0.750. The van der Waals surface area contributed by atoms with Crippen LogP contribution >= 0.6 is 0 Å². The van der Waals surface area contributed by atoms with Gasteiger partial charge in [0.05, 0.1) is 6.61 Å².